The maximum Gasteiger partial charge on any atom is 0.204 e. The second-order valence-corrected chi connectivity index (χ2v) is 3.53. The molecule has 2 rings (SSSR count). The van der Waals surface area contributed by atoms with E-state index in [1.54, 1.807) is 0 Å². The van der Waals surface area contributed by atoms with Gasteiger partial charge in [-0.25, -0.2) is 4.98 Å². The summed E-state index contributed by atoms with van der Waals surface area (Å²) in [6, 6.07) is 8.05. The van der Waals surface area contributed by atoms with Crippen molar-refractivity contribution in [1.29, 1.82) is 0 Å². The number of hydrogen-bond acceptors (Lipinski definition) is 3. The molecule has 0 bridgehead atoms. The van der Waals surface area contributed by atoms with Crippen molar-refractivity contribution in [3.05, 3.63) is 36.9 Å². The number of benzene rings is 1. The van der Waals surface area contributed by atoms with Gasteiger partial charge in [-0.05, 0) is 12.1 Å². The minimum Gasteiger partial charge on any atom is -0.352 e. The van der Waals surface area contributed by atoms with E-state index in [9.17, 15) is 0 Å². The minimum atomic E-state index is 0.600. The van der Waals surface area contributed by atoms with Crippen molar-refractivity contribution in [2.45, 2.75) is 6.54 Å². The van der Waals surface area contributed by atoms with E-state index >= 15 is 0 Å². The summed E-state index contributed by atoms with van der Waals surface area (Å²) in [5, 5.41) is 3.22. The van der Waals surface area contributed by atoms with Gasteiger partial charge < -0.3 is 15.6 Å². The van der Waals surface area contributed by atoms with Crippen LogP contribution in [-0.2, 0) is 6.54 Å². The summed E-state index contributed by atoms with van der Waals surface area (Å²) in [6.07, 6.45) is 1.81. The summed E-state index contributed by atoms with van der Waals surface area (Å²) in [4.78, 5) is 4.52. The molecule has 1 aromatic carbocycles. The van der Waals surface area contributed by atoms with Gasteiger partial charge in [0, 0.05) is 19.6 Å². The molecular weight excluding hydrogens is 200 g/mol. The normalized spacial score (nSPS) is 10.6. The number of rotatable bonds is 5. The third kappa shape index (κ3) is 1.92. The molecule has 0 radical (unpaired) electrons. The fourth-order valence-electron chi connectivity index (χ4n) is 1.73. The van der Waals surface area contributed by atoms with Gasteiger partial charge in [0.05, 0.1) is 11.0 Å². The van der Waals surface area contributed by atoms with E-state index in [1.165, 1.54) is 0 Å². The highest BCUT2D eigenvalue weighted by Gasteiger charge is 2.07. The topological polar surface area (TPSA) is 55.9 Å². The molecule has 3 N–H and O–H groups in total. The molecule has 1 aromatic heterocycles. The van der Waals surface area contributed by atoms with Crippen LogP contribution in [0.5, 0.6) is 0 Å². The van der Waals surface area contributed by atoms with Gasteiger partial charge in [0.2, 0.25) is 5.95 Å². The van der Waals surface area contributed by atoms with Crippen molar-refractivity contribution in [3.63, 3.8) is 0 Å². The molecule has 0 saturated heterocycles. The summed E-state index contributed by atoms with van der Waals surface area (Å²) in [5.74, 6) is 0.853. The van der Waals surface area contributed by atoms with Crippen LogP contribution in [0.4, 0.5) is 5.95 Å². The summed E-state index contributed by atoms with van der Waals surface area (Å²) >= 11 is 0. The lowest BCUT2D eigenvalue weighted by molar-refractivity contribution is 0.733. The molecule has 0 aliphatic rings. The molecule has 0 amide bonds. The van der Waals surface area contributed by atoms with Crippen LogP contribution in [-0.4, -0.2) is 22.6 Å². The number of anilines is 1. The lowest BCUT2D eigenvalue weighted by atomic mass is 10.3. The summed E-state index contributed by atoms with van der Waals surface area (Å²) in [6.45, 7) is 5.75. The lowest BCUT2D eigenvalue weighted by Gasteiger charge is -2.07. The van der Waals surface area contributed by atoms with Crippen LogP contribution in [0.2, 0.25) is 0 Å². The van der Waals surface area contributed by atoms with E-state index in [0.29, 0.717) is 13.1 Å². The first-order chi connectivity index (χ1) is 7.86. The Morgan fingerprint density at radius 2 is 2.25 bits per heavy atom. The molecule has 0 aliphatic heterocycles. The van der Waals surface area contributed by atoms with Gasteiger partial charge in [0.1, 0.15) is 0 Å². The Bertz CT molecular complexity index is 487. The minimum absolute atomic E-state index is 0.600. The van der Waals surface area contributed by atoms with Crippen LogP contribution in [0.15, 0.2) is 36.9 Å². The van der Waals surface area contributed by atoms with Crippen LogP contribution < -0.4 is 11.1 Å². The molecule has 0 saturated carbocycles. The van der Waals surface area contributed by atoms with Gasteiger partial charge in [0.15, 0.2) is 0 Å². The summed E-state index contributed by atoms with van der Waals surface area (Å²) < 4.78 is 2.10. The van der Waals surface area contributed by atoms with Crippen LogP contribution in [0.25, 0.3) is 11.0 Å². The van der Waals surface area contributed by atoms with Gasteiger partial charge >= 0.3 is 0 Å². The third-order valence-corrected chi connectivity index (χ3v) is 2.41. The molecule has 4 nitrogen and oxygen atoms in total. The Morgan fingerprint density at radius 1 is 1.44 bits per heavy atom. The van der Waals surface area contributed by atoms with E-state index in [2.05, 4.69) is 27.5 Å². The molecule has 0 atom stereocenters. The molecule has 0 unspecified atom stereocenters. The molecule has 0 spiro atoms. The largest absolute Gasteiger partial charge is 0.352 e. The van der Waals surface area contributed by atoms with Gasteiger partial charge in [0.25, 0.3) is 0 Å². The second-order valence-electron chi connectivity index (χ2n) is 3.53. The standard InChI is InChI=1S/C12H16N4/c1-2-8-14-12-15-10-5-3-4-6-11(10)16(12)9-7-13/h2-6H,1,7-9,13H2,(H,14,15). The van der Waals surface area contributed by atoms with E-state index in [4.69, 9.17) is 5.73 Å². The lowest BCUT2D eigenvalue weighted by Crippen LogP contribution is -2.13. The smallest absolute Gasteiger partial charge is 0.204 e. The number of imidazole rings is 1. The van der Waals surface area contributed by atoms with Crippen molar-refractivity contribution in [2.24, 2.45) is 5.73 Å². The zero-order valence-corrected chi connectivity index (χ0v) is 9.19. The Balaban J connectivity index is 2.45. The number of nitrogens with two attached hydrogens (primary N) is 1. The van der Waals surface area contributed by atoms with E-state index < -0.39 is 0 Å². The predicted molar refractivity (Wildman–Crippen MR) is 67.5 cm³/mol. The molecule has 84 valence electrons. The number of para-hydroxylation sites is 2. The monoisotopic (exact) mass is 216 g/mol. The Kier molecular flexibility index (Phi) is 3.22. The van der Waals surface area contributed by atoms with Gasteiger partial charge in [-0.1, -0.05) is 18.2 Å². The first-order valence-electron chi connectivity index (χ1n) is 5.37. The zero-order valence-electron chi connectivity index (χ0n) is 9.19. The predicted octanol–water partition coefficient (Wildman–Crippen LogP) is 1.59. The number of aromatic nitrogens is 2. The first kappa shape index (κ1) is 10.7. The highest BCUT2D eigenvalue weighted by molar-refractivity contribution is 5.78. The van der Waals surface area contributed by atoms with E-state index in [-0.39, 0.29) is 0 Å². The Labute approximate surface area is 94.8 Å². The second kappa shape index (κ2) is 4.81. The van der Waals surface area contributed by atoms with Gasteiger partial charge in [-0.2, -0.15) is 0 Å². The zero-order chi connectivity index (χ0) is 11.4. The third-order valence-electron chi connectivity index (χ3n) is 2.41. The van der Waals surface area contributed by atoms with Crippen molar-refractivity contribution in [3.8, 4) is 0 Å². The quantitative estimate of drug-likeness (QED) is 0.746. The van der Waals surface area contributed by atoms with Crippen molar-refractivity contribution >= 4 is 17.0 Å². The molecule has 2 aromatic rings. The Hall–Kier alpha value is -1.81. The Morgan fingerprint density at radius 3 is 3.00 bits per heavy atom. The number of nitrogens with zero attached hydrogens (tertiary/aromatic N) is 2. The maximum absolute atomic E-state index is 5.61. The molecule has 1 heterocycles. The van der Waals surface area contributed by atoms with Crippen LogP contribution in [0.1, 0.15) is 0 Å². The number of hydrogen-bond donors (Lipinski definition) is 2. The highest BCUT2D eigenvalue weighted by Crippen LogP contribution is 2.18. The van der Waals surface area contributed by atoms with Gasteiger partial charge in [-0.3, -0.25) is 0 Å². The van der Waals surface area contributed by atoms with Crippen molar-refractivity contribution in [2.75, 3.05) is 18.4 Å². The highest BCUT2D eigenvalue weighted by atomic mass is 15.2. The summed E-state index contributed by atoms with van der Waals surface area (Å²) in [7, 11) is 0. The van der Waals surface area contributed by atoms with Gasteiger partial charge in [-0.15, -0.1) is 6.58 Å². The maximum atomic E-state index is 5.61. The van der Waals surface area contributed by atoms with Crippen LogP contribution in [0.3, 0.4) is 0 Å². The van der Waals surface area contributed by atoms with Crippen LogP contribution >= 0.6 is 0 Å². The average Bonchev–Trinajstić information content (AvgIpc) is 2.66. The molecule has 16 heavy (non-hydrogen) atoms. The first-order valence-corrected chi connectivity index (χ1v) is 5.37. The van der Waals surface area contributed by atoms with Crippen molar-refractivity contribution in [1.82, 2.24) is 9.55 Å². The molecular formula is C12H16N4. The molecule has 0 aliphatic carbocycles. The van der Waals surface area contributed by atoms with E-state index in [1.807, 2.05) is 24.3 Å². The average molecular weight is 216 g/mol. The number of nitrogens with one attached hydrogen (secondary N) is 1. The fourth-order valence-corrected chi connectivity index (χ4v) is 1.73. The van der Waals surface area contributed by atoms with Crippen LogP contribution in [0, 0.1) is 0 Å². The molecule has 4 heteroatoms. The fraction of sp³-hybridized carbons (Fsp3) is 0.250. The van der Waals surface area contributed by atoms with E-state index in [0.717, 1.165) is 23.5 Å². The summed E-state index contributed by atoms with van der Waals surface area (Å²) in [5.41, 5.74) is 7.71. The van der Waals surface area contributed by atoms with Crippen molar-refractivity contribution < 1.29 is 0 Å². The number of fused-ring (bicyclic) bond motifs is 1. The molecule has 0 fully saturated rings. The SMILES string of the molecule is C=CCNc1nc2ccccc2n1CCN.